The van der Waals surface area contributed by atoms with E-state index < -0.39 is 0 Å². The van der Waals surface area contributed by atoms with E-state index in [1.54, 1.807) is 14.0 Å². The van der Waals surface area contributed by atoms with Crippen molar-refractivity contribution in [3.63, 3.8) is 0 Å². The number of anilines is 1. The van der Waals surface area contributed by atoms with E-state index in [9.17, 15) is 4.79 Å². The summed E-state index contributed by atoms with van der Waals surface area (Å²) in [5.41, 5.74) is 3.47. The number of nitrogens with one attached hydrogen (secondary N) is 1. The number of fused-ring (bicyclic) bond motifs is 1. The molecule has 0 aliphatic carbocycles. The van der Waals surface area contributed by atoms with Gasteiger partial charge in [-0.2, -0.15) is 0 Å². The molecule has 0 bridgehead atoms. The van der Waals surface area contributed by atoms with E-state index in [1.807, 2.05) is 53.9 Å². The van der Waals surface area contributed by atoms with Gasteiger partial charge in [0.25, 0.3) is 0 Å². The maximum Gasteiger partial charge on any atom is 0.325 e. The summed E-state index contributed by atoms with van der Waals surface area (Å²) < 4.78 is 12.4. The third kappa shape index (κ3) is 3.28. The van der Waals surface area contributed by atoms with E-state index in [-0.39, 0.29) is 12.5 Å². The Kier molecular flexibility index (Phi) is 4.88. The molecule has 3 rings (SSSR count). The molecule has 0 aliphatic rings. The minimum Gasteiger partial charge on any atom is -0.496 e. The van der Waals surface area contributed by atoms with Crippen LogP contribution in [0.15, 0.2) is 42.6 Å². The third-order valence-corrected chi connectivity index (χ3v) is 3.91. The van der Waals surface area contributed by atoms with Gasteiger partial charge in [-0.15, -0.1) is 0 Å². The van der Waals surface area contributed by atoms with Crippen LogP contribution in [0.3, 0.4) is 0 Å². The lowest BCUT2D eigenvalue weighted by atomic mass is 10.1. The first-order valence-electron chi connectivity index (χ1n) is 8.16. The van der Waals surface area contributed by atoms with Crippen molar-refractivity contribution in [1.82, 2.24) is 9.38 Å². The minimum atomic E-state index is -0.309. The van der Waals surface area contributed by atoms with Gasteiger partial charge in [0, 0.05) is 11.8 Å². The maximum atomic E-state index is 11.8. The Hall–Kier alpha value is -3.02. The highest BCUT2D eigenvalue weighted by atomic mass is 16.5. The van der Waals surface area contributed by atoms with Gasteiger partial charge in [-0.05, 0) is 37.6 Å². The van der Waals surface area contributed by atoms with E-state index in [0.717, 1.165) is 34.0 Å². The maximum absolute atomic E-state index is 11.8. The summed E-state index contributed by atoms with van der Waals surface area (Å²) in [6, 6.07) is 11.6. The number of rotatable bonds is 6. The zero-order chi connectivity index (χ0) is 17.8. The van der Waals surface area contributed by atoms with Gasteiger partial charge in [-0.25, -0.2) is 4.98 Å². The molecule has 1 N–H and O–H groups in total. The van der Waals surface area contributed by atoms with Crippen LogP contribution in [0.1, 0.15) is 12.5 Å². The molecule has 2 heterocycles. The molecule has 3 aromatic rings. The molecule has 0 aliphatic heterocycles. The molecule has 0 saturated carbocycles. The Morgan fingerprint density at radius 1 is 1.24 bits per heavy atom. The van der Waals surface area contributed by atoms with Crippen LogP contribution < -0.4 is 10.1 Å². The highest BCUT2D eigenvalue weighted by Crippen LogP contribution is 2.35. The number of ether oxygens (including phenoxy) is 2. The van der Waals surface area contributed by atoms with Crippen molar-refractivity contribution < 1.29 is 14.3 Å². The lowest BCUT2D eigenvalue weighted by molar-refractivity contribution is -0.140. The number of methoxy groups -OCH3 is 1. The molecule has 0 amide bonds. The Morgan fingerprint density at radius 3 is 2.80 bits per heavy atom. The largest absolute Gasteiger partial charge is 0.496 e. The van der Waals surface area contributed by atoms with Crippen molar-refractivity contribution in [3.8, 4) is 17.0 Å². The second-order valence-electron chi connectivity index (χ2n) is 5.55. The number of carbonyl (C=O) groups excluding carboxylic acids is 1. The normalized spacial score (nSPS) is 10.7. The average Bonchev–Trinajstić information content (AvgIpc) is 3.00. The third-order valence-electron chi connectivity index (χ3n) is 3.91. The number of aromatic nitrogens is 2. The summed E-state index contributed by atoms with van der Waals surface area (Å²) in [7, 11) is 1.63. The number of hydrogen-bond acceptors (Lipinski definition) is 5. The average molecular weight is 339 g/mol. The molecule has 130 valence electrons. The van der Waals surface area contributed by atoms with Gasteiger partial charge >= 0.3 is 5.97 Å². The Labute approximate surface area is 146 Å². The molecular formula is C19H21N3O3. The van der Waals surface area contributed by atoms with Crippen LogP contribution in [-0.4, -0.2) is 35.6 Å². The topological polar surface area (TPSA) is 64.9 Å². The molecule has 0 unspecified atom stereocenters. The number of nitrogens with zero attached hydrogens (tertiary/aromatic N) is 2. The molecule has 2 aromatic heterocycles. The molecule has 25 heavy (non-hydrogen) atoms. The Morgan fingerprint density at radius 2 is 2.04 bits per heavy atom. The van der Waals surface area contributed by atoms with Crippen molar-refractivity contribution in [1.29, 1.82) is 0 Å². The molecular weight excluding hydrogens is 318 g/mol. The van der Waals surface area contributed by atoms with Crippen LogP contribution in [0.5, 0.6) is 5.75 Å². The van der Waals surface area contributed by atoms with Gasteiger partial charge in [0.1, 0.15) is 29.5 Å². The first-order valence-corrected chi connectivity index (χ1v) is 8.16. The summed E-state index contributed by atoms with van der Waals surface area (Å²) >= 11 is 0. The smallest absolute Gasteiger partial charge is 0.325 e. The molecule has 0 fully saturated rings. The first kappa shape index (κ1) is 16.8. The number of hydrogen-bond donors (Lipinski definition) is 1. The summed E-state index contributed by atoms with van der Waals surface area (Å²) in [6.45, 7) is 4.21. The van der Waals surface area contributed by atoms with Crippen LogP contribution in [-0.2, 0) is 9.53 Å². The number of pyridine rings is 1. The number of carbonyl (C=O) groups is 1. The van der Waals surface area contributed by atoms with E-state index >= 15 is 0 Å². The molecule has 0 saturated heterocycles. The second-order valence-corrected chi connectivity index (χ2v) is 5.55. The van der Waals surface area contributed by atoms with Crippen molar-refractivity contribution >= 4 is 17.4 Å². The highest BCUT2D eigenvalue weighted by Gasteiger charge is 2.18. The predicted octanol–water partition coefficient (Wildman–Crippen LogP) is 3.29. The Bertz CT molecular complexity index is 902. The number of benzene rings is 1. The van der Waals surface area contributed by atoms with Gasteiger partial charge < -0.3 is 14.8 Å². The lowest BCUT2D eigenvalue weighted by Crippen LogP contribution is -2.18. The van der Waals surface area contributed by atoms with Crippen LogP contribution in [0.25, 0.3) is 16.9 Å². The fourth-order valence-electron chi connectivity index (χ4n) is 2.77. The number of esters is 1. The van der Waals surface area contributed by atoms with E-state index in [1.165, 1.54) is 0 Å². The SMILES string of the molecule is CCOC(=O)CNc1c(-c2ccccc2OC)nc2c(C)cccn12. The van der Waals surface area contributed by atoms with Gasteiger partial charge in [-0.3, -0.25) is 9.20 Å². The van der Waals surface area contributed by atoms with Crippen molar-refractivity contribution in [2.75, 3.05) is 25.6 Å². The summed E-state index contributed by atoms with van der Waals surface area (Å²) in [6.07, 6.45) is 1.92. The summed E-state index contributed by atoms with van der Waals surface area (Å²) in [5.74, 6) is 1.15. The first-order chi connectivity index (χ1) is 12.2. The summed E-state index contributed by atoms with van der Waals surface area (Å²) in [5, 5.41) is 3.17. The fourth-order valence-corrected chi connectivity index (χ4v) is 2.77. The number of imidazole rings is 1. The zero-order valence-electron chi connectivity index (χ0n) is 14.6. The van der Waals surface area contributed by atoms with E-state index in [0.29, 0.717) is 6.61 Å². The van der Waals surface area contributed by atoms with Crippen LogP contribution >= 0.6 is 0 Å². The van der Waals surface area contributed by atoms with E-state index in [4.69, 9.17) is 14.5 Å². The Balaban J connectivity index is 2.12. The standard InChI is InChI=1S/C19H21N3O3/c1-4-25-16(23)12-20-19-17(14-9-5-6-10-15(14)24-3)21-18-13(2)8-7-11-22(18)19/h5-11,20H,4,12H2,1-3H3. The summed E-state index contributed by atoms with van der Waals surface area (Å²) in [4.78, 5) is 16.6. The van der Waals surface area contributed by atoms with E-state index in [2.05, 4.69) is 5.32 Å². The van der Waals surface area contributed by atoms with Gasteiger partial charge in [0.2, 0.25) is 0 Å². The zero-order valence-corrected chi connectivity index (χ0v) is 14.6. The minimum absolute atomic E-state index is 0.0672. The monoisotopic (exact) mass is 339 g/mol. The van der Waals surface area contributed by atoms with Crippen LogP contribution in [0.4, 0.5) is 5.82 Å². The number of para-hydroxylation sites is 1. The highest BCUT2D eigenvalue weighted by molar-refractivity contribution is 5.83. The van der Waals surface area contributed by atoms with Crippen molar-refractivity contribution in [3.05, 3.63) is 48.2 Å². The molecule has 1 aromatic carbocycles. The fraction of sp³-hybridized carbons (Fsp3) is 0.263. The van der Waals surface area contributed by atoms with Crippen LogP contribution in [0, 0.1) is 6.92 Å². The van der Waals surface area contributed by atoms with Crippen LogP contribution in [0.2, 0.25) is 0 Å². The molecule has 0 spiro atoms. The van der Waals surface area contributed by atoms with Crippen molar-refractivity contribution in [2.45, 2.75) is 13.8 Å². The molecule has 0 atom stereocenters. The molecule has 0 radical (unpaired) electrons. The molecule has 6 heteroatoms. The second kappa shape index (κ2) is 7.25. The predicted molar refractivity (Wildman–Crippen MR) is 97.0 cm³/mol. The van der Waals surface area contributed by atoms with Gasteiger partial charge in [-0.1, -0.05) is 18.2 Å². The van der Waals surface area contributed by atoms with Gasteiger partial charge in [0.15, 0.2) is 0 Å². The lowest BCUT2D eigenvalue weighted by Gasteiger charge is -2.10. The number of aryl methyl sites for hydroxylation is 1. The quantitative estimate of drug-likeness (QED) is 0.698. The van der Waals surface area contributed by atoms with Gasteiger partial charge in [0.05, 0.1) is 13.7 Å². The molecule has 6 nitrogen and oxygen atoms in total. The van der Waals surface area contributed by atoms with Crippen molar-refractivity contribution in [2.24, 2.45) is 0 Å².